The molecule has 1 N–H and O–H groups in total. The number of hydrogen-bond donors (Lipinski definition) is 1. The molecule has 0 aromatic rings. The van der Waals surface area contributed by atoms with E-state index in [1.807, 2.05) is 6.26 Å². The summed E-state index contributed by atoms with van der Waals surface area (Å²) in [6, 6.07) is 0. The molecule has 0 spiro atoms. The SMILES string of the molecule is C[C@]12CC[C@@H](O[Si](C)(C)C)C[C@H]1CC[C@@H]1[C@@H]2[C@@H](O)C[C@]2(C)[C@@H](/C(=C/O[Si](C)(C)C)O[Si](C)(C)C)CC[C@@H]12. The molecule has 214 valence electrons. The Kier molecular flexibility index (Phi) is 8.14. The Labute approximate surface area is 231 Å². The summed E-state index contributed by atoms with van der Waals surface area (Å²) in [5, 5.41) is 12.0. The number of rotatable bonds is 7. The van der Waals surface area contributed by atoms with Gasteiger partial charge in [0.05, 0.1) is 6.10 Å². The molecule has 7 heteroatoms. The second-order valence-corrected chi connectivity index (χ2v) is 29.9. The second-order valence-electron chi connectivity index (χ2n) is 16.6. The van der Waals surface area contributed by atoms with Crippen LogP contribution in [0.2, 0.25) is 58.9 Å². The summed E-state index contributed by atoms with van der Waals surface area (Å²) in [7, 11) is -5.02. The number of fused-ring (bicyclic) bond motifs is 5. The predicted molar refractivity (Wildman–Crippen MR) is 162 cm³/mol. The molecule has 4 nitrogen and oxygen atoms in total. The van der Waals surface area contributed by atoms with Gasteiger partial charge in [0.15, 0.2) is 8.32 Å². The van der Waals surface area contributed by atoms with Crippen molar-refractivity contribution in [1.82, 2.24) is 0 Å². The van der Waals surface area contributed by atoms with Crippen molar-refractivity contribution in [1.29, 1.82) is 0 Å². The van der Waals surface area contributed by atoms with Crippen LogP contribution in [-0.2, 0) is 13.3 Å². The fourth-order valence-corrected chi connectivity index (χ4v) is 11.8. The van der Waals surface area contributed by atoms with Crippen LogP contribution in [0.5, 0.6) is 0 Å². The van der Waals surface area contributed by atoms with Gasteiger partial charge in [0.2, 0.25) is 16.6 Å². The molecule has 4 aliphatic rings. The predicted octanol–water partition coefficient (Wildman–Crippen LogP) is 8.38. The van der Waals surface area contributed by atoms with Crippen molar-refractivity contribution >= 4 is 25.0 Å². The fraction of sp³-hybridized carbons (Fsp3) is 0.933. The molecular weight excluding hydrogens is 509 g/mol. The Bertz CT molecular complexity index is 856. The van der Waals surface area contributed by atoms with Crippen LogP contribution in [0.25, 0.3) is 0 Å². The largest absolute Gasteiger partial charge is 0.547 e. The van der Waals surface area contributed by atoms with Crippen LogP contribution in [0.4, 0.5) is 0 Å². The lowest BCUT2D eigenvalue weighted by Crippen LogP contribution is -2.59. The fourth-order valence-electron chi connectivity index (χ4n) is 9.18. The summed E-state index contributed by atoms with van der Waals surface area (Å²) >= 11 is 0. The minimum Gasteiger partial charge on any atom is -0.547 e. The van der Waals surface area contributed by atoms with Crippen molar-refractivity contribution in [3.05, 3.63) is 12.0 Å². The van der Waals surface area contributed by atoms with E-state index in [-0.39, 0.29) is 16.9 Å². The van der Waals surface area contributed by atoms with E-state index in [1.54, 1.807) is 0 Å². The van der Waals surface area contributed by atoms with E-state index in [0.29, 0.717) is 35.7 Å². The van der Waals surface area contributed by atoms with E-state index in [1.165, 1.54) is 38.5 Å². The Balaban J connectivity index is 1.58. The molecule has 4 rings (SSSR count). The van der Waals surface area contributed by atoms with Crippen molar-refractivity contribution in [3.8, 4) is 0 Å². The van der Waals surface area contributed by atoms with Crippen LogP contribution < -0.4 is 0 Å². The summed E-state index contributed by atoms with van der Waals surface area (Å²) in [6.45, 7) is 25.6. The summed E-state index contributed by atoms with van der Waals surface area (Å²) in [6.07, 6.45) is 11.7. The highest BCUT2D eigenvalue weighted by Crippen LogP contribution is 2.68. The molecular formula is C30H58O4Si3. The summed E-state index contributed by atoms with van der Waals surface area (Å²) in [5.74, 6) is 3.85. The lowest BCUT2D eigenvalue weighted by Gasteiger charge is -2.62. The molecule has 0 unspecified atom stereocenters. The third-order valence-electron chi connectivity index (χ3n) is 10.4. The molecule has 4 fully saturated rings. The van der Waals surface area contributed by atoms with E-state index in [0.717, 1.165) is 18.6 Å². The van der Waals surface area contributed by atoms with Gasteiger partial charge in [0.1, 0.15) is 12.0 Å². The third-order valence-corrected chi connectivity index (χ3v) is 13.1. The first-order valence-corrected chi connectivity index (χ1v) is 25.5. The standard InChI is InChI=1S/C30H58O4Si3/c1-29-17-16-22(33-36(6,7)8)18-21(29)12-13-23-24-14-15-25(30(24,2)19-26(31)28(23)29)27(34-37(9,10)11)20-32-35(3,4)5/h20-26,28,31H,12-19H2,1-11H3/b27-20-/t21-,22-,23+,24+,25-,26+,28-,29+,30+/m1/s1. The van der Waals surface area contributed by atoms with Crippen LogP contribution >= 0.6 is 0 Å². The molecule has 0 heterocycles. The van der Waals surface area contributed by atoms with Gasteiger partial charge in [-0.05, 0) is 145 Å². The van der Waals surface area contributed by atoms with Crippen molar-refractivity contribution in [3.63, 3.8) is 0 Å². The third kappa shape index (κ3) is 6.31. The number of hydrogen-bond acceptors (Lipinski definition) is 4. The van der Waals surface area contributed by atoms with Gasteiger partial charge in [-0.15, -0.1) is 0 Å². The molecule has 0 aromatic carbocycles. The first-order chi connectivity index (χ1) is 16.8. The van der Waals surface area contributed by atoms with E-state index in [9.17, 15) is 5.11 Å². The zero-order valence-corrected chi connectivity index (χ0v) is 28.9. The van der Waals surface area contributed by atoms with Gasteiger partial charge < -0.3 is 18.4 Å². The maximum Gasteiger partial charge on any atom is 0.241 e. The van der Waals surface area contributed by atoms with Crippen LogP contribution in [0.15, 0.2) is 12.0 Å². The van der Waals surface area contributed by atoms with E-state index in [4.69, 9.17) is 13.3 Å². The molecule has 0 aromatic heterocycles. The minimum atomic E-state index is -1.79. The van der Waals surface area contributed by atoms with Crippen molar-refractivity contribution < 1.29 is 18.4 Å². The molecule has 37 heavy (non-hydrogen) atoms. The van der Waals surface area contributed by atoms with Crippen LogP contribution in [0.1, 0.15) is 65.2 Å². The van der Waals surface area contributed by atoms with Crippen molar-refractivity contribution in [2.45, 2.75) is 136 Å². The maximum absolute atomic E-state index is 12.0. The minimum absolute atomic E-state index is 0.0796. The molecule has 9 atom stereocenters. The molecule has 0 radical (unpaired) electrons. The lowest BCUT2D eigenvalue weighted by atomic mass is 9.44. The van der Waals surface area contributed by atoms with Crippen LogP contribution in [0.3, 0.4) is 0 Å². The van der Waals surface area contributed by atoms with E-state index >= 15 is 0 Å². The molecule has 0 bridgehead atoms. The quantitative estimate of drug-likeness (QED) is 0.248. The summed E-state index contributed by atoms with van der Waals surface area (Å²) < 4.78 is 19.7. The van der Waals surface area contributed by atoms with Gasteiger partial charge in [-0.3, -0.25) is 0 Å². The first kappa shape index (κ1) is 29.9. The Hall–Kier alpha value is -0.0894. The normalized spacial score (nSPS) is 43.0. The molecule has 0 saturated heterocycles. The topological polar surface area (TPSA) is 47.9 Å². The highest BCUT2D eigenvalue weighted by molar-refractivity contribution is 6.70. The smallest absolute Gasteiger partial charge is 0.241 e. The lowest BCUT2D eigenvalue weighted by molar-refractivity contribution is -0.175. The van der Waals surface area contributed by atoms with Crippen molar-refractivity contribution in [2.24, 2.45) is 40.4 Å². The highest BCUT2D eigenvalue weighted by Gasteiger charge is 2.64. The van der Waals surface area contributed by atoms with E-state index in [2.05, 4.69) is 72.8 Å². The highest BCUT2D eigenvalue weighted by atomic mass is 28.4. The molecule has 4 aliphatic carbocycles. The Morgan fingerprint density at radius 1 is 0.811 bits per heavy atom. The van der Waals surface area contributed by atoms with E-state index < -0.39 is 25.0 Å². The monoisotopic (exact) mass is 566 g/mol. The Morgan fingerprint density at radius 2 is 1.49 bits per heavy atom. The molecule has 0 aliphatic heterocycles. The first-order valence-electron chi connectivity index (χ1n) is 15.3. The van der Waals surface area contributed by atoms with Gasteiger partial charge in [-0.2, -0.15) is 0 Å². The average Bonchev–Trinajstić information content (AvgIpc) is 3.05. The summed E-state index contributed by atoms with van der Waals surface area (Å²) in [4.78, 5) is 0. The van der Waals surface area contributed by atoms with Crippen LogP contribution in [-0.4, -0.2) is 42.3 Å². The van der Waals surface area contributed by atoms with Crippen LogP contribution in [0, 0.1) is 40.4 Å². The summed E-state index contributed by atoms with van der Waals surface area (Å²) in [5.41, 5.74) is 0.325. The molecule has 4 saturated carbocycles. The van der Waals surface area contributed by atoms with Gasteiger partial charge >= 0.3 is 0 Å². The van der Waals surface area contributed by atoms with Gasteiger partial charge in [-0.1, -0.05) is 13.8 Å². The number of allylic oxidation sites excluding steroid dienone is 1. The van der Waals surface area contributed by atoms with Gasteiger partial charge in [0.25, 0.3) is 0 Å². The number of aliphatic hydroxyl groups excluding tert-OH is 1. The van der Waals surface area contributed by atoms with Crippen molar-refractivity contribution in [2.75, 3.05) is 0 Å². The Morgan fingerprint density at radius 3 is 2.08 bits per heavy atom. The number of aliphatic hydroxyl groups is 1. The molecule has 0 amide bonds. The van der Waals surface area contributed by atoms with Gasteiger partial charge in [-0.25, -0.2) is 0 Å². The van der Waals surface area contributed by atoms with Gasteiger partial charge in [0, 0.05) is 12.0 Å². The second kappa shape index (κ2) is 10.1. The zero-order valence-electron chi connectivity index (χ0n) is 25.9. The maximum atomic E-state index is 12.0. The average molecular weight is 567 g/mol. The zero-order chi connectivity index (χ0) is 27.6.